The van der Waals surface area contributed by atoms with E-state index >= 15 is 0 Å². The molecule has 2 rings (SSSR count). The number of benzene rings is 1. The molecule has 1 saturated carbocycles. The number of aryl methyl sites for hydroxylation is 1. The van der Waals surface area contributed by atoms with Gasteiger partial charge in [-0.2, -0.15) is 0 Å². The summed E-state index contributed by atoms with van der Waals surface area (Å²) in [6.07, 6.45) is 5.11. The zero-order valence-electron chi connectivity index (χ0n) is 11.3. The van der Waals surface area contributed by atoms with Gasteiger partial charge in [0.25, 0.3) is 5.91 Å². The minimum absolute atomic E-state index is 0.0278. The Morgan fingerprint density at radius 2 is 2.05 bits per heavy atom. The van der Waals surface area contributed by atoms with Gasteiger partial charge < -0.3 is 11.1 Å². The highest BCUT2D eigenvalue weighted by Crippen LogP contribution is 2.18. The van der Waals surface area contributed by atoms with E-state index in [2.05, 4.69) is 5.32 Å². The Balaban J connectivity index is 2.07. The third-order valence-corrected chi connectivity index (χ3v) is 3.76. The maximum atomic E-state index is 13.7. The fraction of sp³-hybridized carbons (Fsp3) is 0.533. The van der Waals surface area contributed by atoms with Gasteiger partial charge in [0.2, 0.25) is 0 Å². The Bertz CT molecular complexity index is 461. The van der Waals surface area contributed by atoms with Crippen LogP contribution in [0.1, 0.15) is 48.0 Å². The average Bonchev–Trinajstić information content (AvgIpc) is 2.55. The molecule has 4 heteroatoms. The molecule has 0 heterocycles. The van der Waals surface area contributed by atoms with Crippen LogP contribution in [-0.4, -0.2) is 18.0 Å². The molecule has 19 heavy (non-hydrogen) atoms. The Kier molecular flexibility index (Phi) is 4.53. The van der Waals surface area contributed by atoms with Gasteiger partial charge in [-0.15, -0.1) is 0 Å². The van der Waals surface area contributed by atoms with E-state index in [1.54, 1.807) is 13.0 Å². The van der Waals surface area contributed by atoms with Crippen molar-refractivity contribution in [3.05, 3.63) is 35.1 Å². The van der Waals surface area contributed by atoms with Crippen molar-refractivity contribution in [3.8, 4) is 0 Å². The molecular weight excluding hydrogens is 243 g/mol. The molecular formula is C15H21FN2O. The van der Waals surface area contributed by atoms with Crippen LogP contribution in [-0.2, 0) is 0 Å². The monoisotopic (exact) mass is 264 g/mol. The number of nitrogens with one attached hydrogen (secondary N) is 1. The van der Waals surface area contributed by atoms with Crippen molar-refractivity contribution in [2.24, 2.45) is 5.73 Å². The number of carbonyl (C=O) groups excluding carboxylic acids is 1. The van der Waals surface area contributed by atoms with Gasteiger partial charge in [0.05, 0.1) is 5.56 Å². The van der Waals surface area contributed by atoms with Gasteiger partial charge in [-0.05, 0) is 37.5 Å². The molecule has 0 saturated heterocycles. The lowest BCUT2D eigenvalue weighted by Crippen LogP contribution is -2.47. The smallest absolute Gasteiger partial charge is 0.254 e. The number of carbonyl (C=O) groups is 1. The van der Waals surface area contributed by atoms with Crippen molar-refractivity contribution in [2.75, 3.05) is 0 Å². The molecule has 1 aliphatic rings. The van der Waals surface area contributed by atoms with E-state index < -0.39 is 5.82 Å². The first-order valence-electron chi connectivity index (χ1n) is 6.90. The Hall–Kier alpha value is -1.42. The van der Waals surface area contributed by atoms with Crippen molar-refractivity contribution < 1.29 is 9.18 Å². The Labute approximate surface area is 113 Å². The molecule has 104 valence electrons. The normalized spacial score (nSPS) is 23.7. The van der Waals surface area contributed by atoms with Crippen molar-refractivity contribution in [3.63, 3.8) is 0 Å². The molecule has 1 fully saturated rings. The van der Waals surface area contributed by atoms with Crippen molar-refractivity contribution in [1.29, 1.82) is 0 Å². The Morgan fingerprint density at radius 3 is 2.79 bits per heavy atom. The molecule has 1 aliphatic carbocycles. The van der Waals surface area contributed by atoms with Gasteiger partial charge >= 0.3 is 0 Å². The number of rotatable bonds is 2. The van der Waals surface area contributed by atoms with Crippen LogP contribution in [0.15, 0.2) is 18.2 Å². The average molecular weight is 264 g/mol. The molecule has 1 aromatic carbocycles. The minimum Gasteiger partial charge on any atom is -0.348 e. The van der Waals surface area contributed by atoms with Gasteiger partial charge in [0.15, 0.2) is 0 Å². The molecule has 0 aliphatic heterocycles. The molecule has 0 spiro atoms. The largest absolute Gasteiger partial charge is 0.348 e. The summed E-state index contributed by atoms with van der Waals surface area (Å²) in [6, 6.07) is 4.57. The first-order chi connectivity index (χ1) is 9.08. The van der Waals surface area contributed by atoms with E-state index in [0.717, 1.165) is 37.7 Å². The van der Waals surface area contributed by atoms with Crippen LogP contribution in [0.2, 0.25) is 0 Å². The van der Waals surface area contributed by atoms with E-state index in [9.17, 15) is 9.18 Å². The predicted octanol–water partition coefficient (Wildman–Crippen LogP) is 2.52. The van der Waals surface area contributed by atoms with Crippen LogP contribution in [0.5, 0.6) is 0 Å². The van der Waals surface area contributed by atoms with E-state index in [1.807, 2.05) is 0 Å². The lowest BCUT2D eigenvalue weighted by atomic mass is 10.0. The summed E-state index contributed by atoms with van der Waals surface area (Å²) in [6.45, 7) is 1.80. The molecule has 0 radical (unpaired) electrons. The second-order valence-corrected chi connectivity index (χ2v) is 5.37. The third kappa shape index (κ3) is 3.53. The molecule has 0 aromatic heterocycles. The fourth-order valence-corrected chi connectivity index (χ4v) is 2.57. The molecule has 2 atom stereocenters. The number of nitrogens with two attached hydrogens (primary N) is 1. The van der Waals surface area contributed by atoms with E-state index in [0.29, 0.717) is 0 Å². The van der Waals surface area contributed by atoms with Crippen LogP contribution in [0.25, 0.3) is 0 Å². The summed E-state index contributed by atoms with van der Waals surface area (Å²) in [5, 5.41) is 2.88. The van der Waals surface area contributed by atoms with E-state index in [1.165, 1.54) is 12.1 Å². The lowest BCUT2D eigenvalue weighted by Gasteiger charge is -2.22. The van der Waals surface area contributed by atoms with Crippen LogP contribution in [0.3, 0.4) is 0 Å². The summed E-state index contributed by atoms with van der Waals surface area (Å²) < 4.78 is 13.7. The predicted molar refractivity (Wildman–Crippen MR) is 73.5 cm³/mol. The SMILES string of the molecule is Cc1ccc(C(=O)NC2CCCCCC2N)c(F)c1. The summed E-state index contributed by atoms with van der Waals surface area (Å²) >= 11 is 0. The lowest BCUT2D eigenvalue weighted by molar-refractivity contribution is 0.0924. The highest BCUT2D eigenvalue weighted by Gasteiger charge is 2.23. The maximum absolute atomic E-state index is 13.7. The number of hydrogen-bond donors (Lipinski definition) is 2. The van der Waals surface area contributed by atoms with Gasteiger partial charge in [-0.25, -0.2) is 4.39 Å². The van der Waals surface area contributed by atoms with E-state index in [-0.39, 0.29) is 23.6 Å². The molecule has 1 aromatic rings. The van der Waals surface area contributed by atoms with Crippen LogP contribution >= 0.6 is 0 Å². The Morgan fingerprint density at radius 1 is 1.32 bits per heavy atom. The third-order valence-electron chi connectivity index (χ3n) is 3.76. The topological polar surface area (TPSA) is 55.1 Å². The molecule has 3 nitrogen and oxygen atoms in total. The molecule has 2 unspecified atom stereocenters. The number of hydrogen-bond acceptors (Lipinski definition) is 2. The highest BCUT2D eigenvalue weighted by molar-refractivity contribution is 5.94. The van der Waals surface area contributed by atoms with Gasteiger partial charge in [0.1, 0.15) is 5.82 Å². The zero-order chi connectivity index (χ0) is 13.8. The first-order valence-corrected chi connectivity index (χ1v) is 6.90. The fourth-order valence-electron chi connectivity index (χ4n) is 2.57. The van der Waals surface area contributed by atoms with Crippen molar-refractivity contribution in [1.82, 2.24) is 5.32 Å². The highest BCUT2D eigenvalue weighted by atomic mass is 19.1. The number of halogens is 1. The van der Waals surface area contributed by atoms with Gasteiger partial charge in [0, 0.05) is 12.1 Å². The minimum atomic E-state index is -0.473. The van der Waals surface area contributed by atoms with Crippen molar-refractivity contribution in [2.45, 2.75) is 51.1 Å². The van der Waals surface area contributed by atoms with Crippen LogP contribution in [0.4, 0.5) is 4.39 Å². The van der Waals surface area contributed by atoms with Gasteiger partial charge in [-0.3, -0.25) is 4.79 Å². The standard InChI is InChI=1S/C15H21FN2O/c1-10-7-8-11(12(16)9-10)15(19)18-14-6-4-2-3-5-13(14)17/h7-9,13-14H,2-6,17H2,1H3,(H,18,19). The van der Waals surface area contributed by atoms with Gasteiger partial charge in [-0.1, -0.05) is 25.3 Å². The van der Waals surface area contributed by atoms with Crippen molar-refractivity contribution >= 4 is 5.91 Å². The number of amides is 1. The second-order valence-electron chi connectivity index (χ2n) is 5.37. The summed E-state index contributed by atoms with van der Waals surface area (Å²) in [4.78, 5) is 12.1. The van der Waals surface area contributed by atoms with E-state index in [4.69, 9.17) is 5.73 Å². The first kappa shape index (κ1) is 14.0. The summed E-state index contributed by atoms with van der Waals surface area (Å²) in [5.74, 6) is -0.834. The summed E-state index contributed by atoms with van der Waals surface area (Å²) in [5.41, 5.74) is 6.96. The molecule has 3 N–H and O–H groups in total. The zero-order valence-corrected chi connectivity index (χ0v) is 11.3. The molecule has 1 amide bonds. The maximum Gasteiger partial charge on any atom is 0.254 e. The second kappa shape index (κ2) is 6.15. The quantitative estimate of drug-likeness (QED) is 0.806. The van der Waals surface area contributed by atoms with Crippen LogP contribution in [0, 0.1) is 12.7 Å². The summed E-state index contributed by atoms with van der Waals surface area (Å²) in [7, 11) is 0. The van der Waals surface area contributed by atoms with Crippen LogP contribution < -0.4 is 11.1 Å². The molecule has 0 bridgehead atoms.